The maximum absolute atomic E-state index is 13.1. The molecule has 2 aliphatic rings. The lowest BCUT2D eigenvalue weighted by atomic mass is 9.86. The summed E-state index contributed by atoms with van der Waals surface area (Å²) in [4.78, 5) is 27.7. The van der Waals surface area contributed by atoms with Crippen molar-refractivity contribution in [1.82, 2.24) is 10.2 Å². The lowest BCUT2D eigenvalue weighted by Crippen LogP contribution is -2.49. The summed E-state index contributed by atoms with van der Waals surface area (Å²) in [5.74, 6) is 0.378. The Morgan fingerprint density at radius 3 is 2.52 bits per heavy atom. The molecule has 1 N–H and O–H groups in total. The molecule has 0 aromatic heterocycles. The second-order valence-electron chi connectivity index (χ2n) is 9.20. The summed E-state index contributed by atoms with van der Waals surface area (Å²) >= 11 is 0. The van der Waals surface area contributed by atoms with Crippen molar-refractivity contribution in [1.29, 1.82) is 0 Å². The van der Waals surface area contributed by atoms with Crippen LogP contribution in [-0.4, -0.2) is 41.3 Å². The monoisotopic (exact) mass is 370 g/mol. The van der Waals surface area contributed by atoms with Crippen molar-refractivity contribution in [2.75, 3.05) is 6.54 Å². The second-order valence-corrected chi connectivity index (χ2v) is 9.20. The number of likely N-dealkylation sites (tertiary alicyclic amines) is 1. The van der Waals surface area contributed by atoms with Gasteiger partial charge in [-0.25, -0.2) is 0 Å². The van der Waals surface area contributed by atoms with Gasteiger partial charge in [0.25, 0.3) is 0 Å². The molecular weight excluding hydrogens is 336 g/mol. The minimum atomic E-state index is -0.217. The third kappa shape index (κ3) is 4.98. The zero-order chi connectivity index (χ0) is 19.4. The zero-order valence-electron chi connectivity index (χ0n) is 17.0. The highest BCUT2D eigenvalue weighted by Crippen LogP contribution is 2.30. The summed E-state index contributed by atoms with van der Waals surface area (Å²) < 4.78 is 0. The summed E-state index contributed by atoms with van der Waals surface area (Å²) in [5, 5.41) is 3.54. The molecule has 4 heteroatoms. The van der Waals surface area contributed by atoms with Crippen molar-refractivity contribution in [3.05, 3.63) is 35.9 Å². The van der Waals surface area contributed by atoms with Crippen LogP contribution in [-0.2, 0) is 16.0 Å². The molecule has 3 rings (SSSR count). The van der Waals surface area contributed by atoms with Crippen LogP contribution in [0.3, 0.4) is 0 Å². The highest BCUT2D eigenvalue weighted by atomic mass is 16.2. The molecule has 1 amide bonds. The summed E-state index contributed by atoms with van der Waals surface area (Å²) in [6.45, 7) is 7.39. The molecule has 0 bridgehead atoms. The quantitative estimate of drug-likeness (QED) is 0.830. The number of Topliss-reactive ketones (excluding diaryl/α,β-unsaturated/α-hetero) is 1. The van der Waals surface area contributed by atoms with E-state index in [0.29, 0.717) is 12.5 Å². The van der Waals surface area contributed by atoms with Crippen LogP contribution in [0.1, 0.15) is 64.9 Å². The molecule has 1 aromatic carbocycles. The third-order valence-corrected chi connectivity index (χ3v) is 6.14. The highest BCUT2D eigenvalue weighted by Gasteiger charge is 2.41. The number of hydrogen-bond acceptors (Lipinski definition) is 3. The first-order valence-corrected chi connectivity index (χ1v) is 10.5. The molecule has 3 atom stereocenters. The Hall–Kier alpha value is -1.68. The molecule has 27 heavy (non-hydrogen) atoms. The van der Waals surface area contributed by atoms with Crippen molar-refractivity contribution in [3.63, 3.8) is 0 Å². The maximum atomic E-state index is 13.1. The molecule has 148 valence electrons. The Balaban J connectivity index is 1.52. The van der Waals surface area contributed by atoms with Gasteiger partial charge in [0.1, 0.15) is 0 Å². The lowest BCUT2D eigenvalue weighted by Gasteiger charge is -2.29. The molecule has 0 spiro atoms. The second kappa shape index (κ2) is 8.55. The first-order valence-electron chi connectivity index (χ1n) is 10.5. The van der Waals surface area contributed by atoms with Gasteiger partial charge in [-0.05, 0) is 49.5 Å². The van der Waals surface area contributed by atoms with Crippen LogP contribution in [0, 0.1) is 5.41 Å². The SMILES string of the molecule is CC(C)(C)C1CC[C@@H](C(=O)[C@H]2CCCN2C(=O)CCCc2ccccc2)N1. The summed E-state index contributed by atoms with van der Waals surface area (Å²) in [6, 6.07) is 10.4. The predicted molar refractivity (Wildman–Crippen MR) is 109 cm³/mol. The molecular formula is C23H34N2O2. The van der Waals surface area contributed by atoms with Gasteiger partial charge in [0, 0.05) is 19.0 Å². The Morgan fingerprint density at radius 1 is 1.11 bits per heavy atom. The fraction of sp³-hybridized carbons (Fsp3) is 0.652. The number of carbonyl (C=O) groups excluding carboxylic acids is 2. The molecule has 0 aliphatic carbocycles. The van der Waals surface area contributed by atoms with Crippen molar-refractivity contribution in [2.45, 2.75) is 83.8 Å². The Kier molecular flexibility index (Phi) is 6.36. The van der Waals surface area contributed by atoms with E-state index in [2.05, 4.69) is 38.2 Å². The van der Waals surface area contributed by atoms with Gasteiger partial charge in [-0.1, -0.05) is 51.1 Å². The summed E-state index contributed by atoms with van der Waals surface area (Å²) in [5.41, 5.74) is 1.43. The van der Waals surface area contributed by atoms with E-state index < -0.39 is 0 Å². The molecule has 2 saturated heterocycles. The molecule has 0 saturated carbocycles. The van der Waals surface area contributed by atoms with E-state index in [1.54, 1.807) is 0 Å². The number of nitrogens with one attached hydrogen (secondary N) is 1. The maximum Gasteiger partial charge on any atom is 0.223 e. The van der Waals surface area contributed by atoms with Gasteiger partial charge in [-0.3, -0.25) is 9.59 Å². The van der Waals surface area contributed by atoms with Crippen molar-refractivity contribution < 1.29 is 9.59 Å². The average Bonchev–Trinajstić information content (AvgIpc) is 3.31. The number of carbonyl (C=O) groups is 2. The van der Waals surface area contributed by atoms with Gasteiger partial charge < -0.3 is 10.2 Å². The van der Waals surface area contributed by atoms with E-state index in [1.165, 1.54) is 5.56 Å². The molecule has 0 radical (unpaired) electrons. The number of nitrogens with zero attached hydrogens (tertiary/aromatic N) is 1. The minimum Gasteiger partial charge on any atom is -0.333 e. The van der Waals surface area contributed by atoms with Gasteiger partial charge in [0.2, 0.25) is 5.91 Å². The van der Waals surface area contributed by atoms with Crippen LogP contribution in [0.4, 0.5) is 0 Å². The van der Waals surface area contributed by atoms with E-state index in [4.69, 9.17) is 0 Å². The fourth-order valence-electron chi connectivity index (χ4n) is 4.48. The van der Waals surface area contributed by atoms with Crippen molar-refractivity contribution in [2.24, 2.45) is 5.41 Å². The number of ketones is 1. The number of rotatable bonds is 6. The van der Waals surface area contributed by atoms with Gasteiger partial charge in [-0.2, -0.15) is 0 Å². The number of aryl methyl sites for hydroxylation is 1. The van der Waals surface area contributed by atoms with E-state index in [0.717, 1.165) is 45.1 Å². The predicted octanol–water partition coefficient (Wildman–Crippen LogP) is 3.74. The lowest BCUT2D eigenvalue weighted by molar-refractivity contribution is -0.138. The first kappa shape index (κ1) is 20.1. The molecule has 2 aliphatic heterocycles. The van der Waals surface area contributed by atoms with E-state index in [-0.39, 0.29) is 29.2 Å². The van der Waals surface area contributed by atoms with E-state index in [9.17, 15) is 9.59 Å². The standard InChI is InChI=1S/C23H34N2O2/c1-23(2,3)20-15-14-18(24-20)22(27)19-12-8-16-25(19)21(26)13-7-11-17-9-5-4-6-10-17/h4-6,9-10,18-20,24H,7-8,11-16H2,1-3H3/t18-,19+,20?/m0/s1. The van der Waals surface area contributed by atoms with Gasteiger partial charge >= 0.3 is 0 Å². The van der Waals surface area contributed by atoms with Crippen LogP contribution in [0.25, 0.3) is 0 Å². The van der Waals surface area contributed by atoms with Gasteiger partial charge in [0.05, 0.1) is 12.1 Å². The highest BCUT2D eigenvalue weighted by molar-refractivity contribution is 5.93. The largest absolute Gasteiger partial charge is 0.333 e. The smallest absolute Gasteiger partial charge is 0.223 e. The molecule has 1 unspecified atom stereocenters. The Labute approximate surface area is 163 Å². The van der Waals surface area contributed by atoms with Crippen LogP contribution in [0.5, 0.6) is 0 Å². The van der Waals surface area contributed by atoms with Crippen LogP contribution >= 0.6 is 0 Å². The van der Waals surface area contributed by atoms with Crippen LogP contribution in [0.2, 0.25) is 0 Å². The fourth-order valence-corrected chi connectivity index (χ4v) is 4.48. The third-order valence-electron chi connectivity index (χ3n) is 6.14. The zero-order valence-corrected chi connectivity index (χ0v) is 17.0. The molecule has 2 fully saturated rings. The Bertz CT molecular complexity index is 650. The minimum absolute atomic E-state index is 0.0862. The van der Waals surface area contributed by atoms with Crippen molar-refractivity contribution in [3.8, 4) is 0 Å². The van der Waals surface area contributed by atoms with Gasteiger partial charge in [-0.15, -0.1) is 0 Å². The number of amides is 1. The topological polar surface area (TPSA) is 49.4 Å². The molecule has 2 heterocycles. The normalized spacial score (nSPS) is 25.7. The number of benzene rings is 1. The number of hydrogen-bond donors (Lipinski definition) is 1. The summed E-state index contributed by atoms with van der Waals surface area (Å²) in [7, 11) is 0. The molecule has 4 nitrogen and oxygen atoms in total. The average molecular weight is 371 g/mol. The van der Waals surface area contributed by atoms with E-state index >= 15 is 0 Å². The summed E-state index contributed by atoms with van der Waals surface area (Å²) in [6.07, 6.45) is 5.98. The van der Waals surface area contributed by atoms with Gasteiger partial charge in [0.15, 0.2) is 5.78 Å². The molecule has 1 aromatic rings. The van der Waals surface area contributed by atoms with E-state index in [1.807, 2.05) is 23.1 Å². The van der Waals surface area contributed by atoms with Crippen LogP contribution in [0.15, 0.2) is 30.3 Å². The first-order chi connectivity index (χ1) is 12.9. The Morgan fingerprint density at radius 2 is 1.85 bits per heavy atom. The van der Waals surface area contributed by atoms with Crippen molar-refractivity contribution >= 4 is 11.7 Å². The van der Waals surface area contributed by atoms with Crippen LogP contribution < -0.4 is 5.32 Å².